The maximum atomic E-state index is 13.1. The minimum Gasteiger partial charge on any atom is -0.350 e. The highest BCUT2D eigenvalue weighted by Crippen LogP contribution is 2.25. The molecule has 2 nitrogen and oxygen atoms in total. The molecule has 0 bridgehead atoms. The molecule has 1 atom stereocenters. The second-order valence-electron chi connectivity index (χ2n) is 5.10. The molecule has 1 N–H and O–H groups in total. The van der Waals surface area contributed by atoms with Crippen molar-refractivity contribution in [3.63, 3.8) is 0 Å². The Kier molecular flexibility index (Phi) is 4.15. The molecule has 0 aromatic heterocycles. The zero-order valence-corrected chi connectivity index (χ0v) is 11.2. The summed E-state index contributed by atoms with van der Waals surface area (Å²) in [7, 11) is 0. The smallest absolute Gasteiger partial charge is 0.243 e. The molecule has 0 saturated carbocycles. The number of amides is 1. The van der Waals surface area contributed by atoms with E-state index in [1.807, 2.05) is 20.8 Å². The van der Waals surface area contributed by atoms with E-state index in [9.17, 15) is 9.18 Å². The maximum Gasteiger partial charge on any atom is 0.243 e. The Balaban J connectivity index is 2.92. The number of carbonyl (C=O) groups is 1. The Morgan fingerprint density at radius 1 is 1.41 bits per heavy atom. The van der Waals surface area contributed by atoms with E-state index < -0.39 is 5.38 Å². The second-order valence-corrected chi connectivity index (χ2v) is 5.54. The Bertz CT molecular complexity index is 426. The van der Waals surface area contributed by atoms with E-state index in [1.54, 1.807) is 13.0 Å². The zero-order valence-electron chi connectivity index (χ0n) is 10.5. The predicted molar refractivity (Wildman–Crippen MR) is 67.6 cm³/mol. The van der Waals surface area contributed by atoms with Gasteiger partial charge in [0.05, 0.1) is 0 Å². The Hall–Kier alpha value is -1.09. The number of benzene rings is 1. The molecular weight excluding hydrogens is 241 g/mol. The van der Waals surface area contributed by atoms with Crippen molar-refractivity contribution in [2.45, 2.75) is 38.6 Å². The third kappa shape index (κ3) is 4.00. The standard InChI is InChI=1S/C13H17ClFNO/c1-8-5-6-9(15)7-10(8)11(14)12(17)16-13(2,3)4/h5-7,11H,1-4H3,(H,16,17). The van der Waals surface area contributed by atoms with Gasteiger partial charge in [0.1, 0.15) is 11.2 Å². The van der Waals surface area contributed by atoms with E-state index in [0.29, 0.717) is 5.56 Å². The van der Waals surface area contributed by atoms with E-state index in [2.05, 4.69) is 5.32 Å². The molecule has 1 amide bonds. The maximum absolute atomic E-state index is 13.1. The van der Waals surface area contributed by atoms with Crippen molar-refractivity contribution in [2.75, 3.05) is 0 Å². The van der Waals surface area contributed by atoms with Gasteiger partial charge in [-0.15, -0.1) is 11.6 Å². The summed E-state index contributed by atoms with van der Waals surface area (Å²) >= 11 is 6.06. The van der Waals surface area contributed by atoms with Gasteiger partial charge in [-0.2, -0.15) is 0 Å². The van der Waals surface area contributed by atoms with Crippen LogP contribution in [0.4, 0.5) is 4.39 Å². The molecule has 0 aliphatic rings. The lowest BCUT2D eigenvalue weighted by atomic mass is 10.0. The number of rotatable bonds is 2. The minimum absolute atomic E-state index is 0.312. The third-order valence-corrected chi connectivity index (χ3v) is 2.68. The molecule has 0 heterocycles. The first kappa shape index (κ1) is 14.0. The normalized spacial score (nSPS) is 13.3. The molecular formula is C13H17ClFNO. The van der Waals surface area contributed by atoms with E-state index in [0.717, 1.165) is 5.56 Å². The van der Waals surface area contributed by atoms with Gasteiger partial charge < -0.3 is 5.32 Å². The summed E-state index contributed by atoms with van der Waals surface area (Å²) in [6.07, 6.45) is 0. The van der Waals surface area contributed by atoms with Gasteiger partial charge in [0.2, 0.25) is 5.91 Å². The lowest BCUT2D eigenvalue weighted by Gasteiger charge is -2.23. The van der Waals surface area contributed by atoms with Crippen LogP contribution in [-0.4, -0.2) is 11.4 Å². The summed E-state index contributed by atoms with van der Waals surface area (Å²) in [5.74, 6) is -0.701. The molecule has 1 rings (SSSR count). The van der Waals surface area contributed by atoms with Crippen LogP contribution < -0.4 is 5.32 Å². The van der Waals surface area contributed by atoms with E-state index in [1.165, 1.54) is 12.1 Å². The fourth-order valence-corrected chi connectivity index (χ4v) is 1.75. The van der Waals surface area contributed by atoms with Crippen molar-refractivity contribution < 1.29 is 9.18 Å². The van der Waals surface area contributed by atoms with Crippen molar-refractivity contribution in [3.05, 3.63) is 35.1 Å². The van der Waals surface area contributed by atoms with Crippen molar-refractivity contribution in [3.8, 4) is 0 Å². The van der Waals surface area contributed by atoms with Crippen LogP contribution in [0.25, 0.3) is 0 Å². The average molecular weight is 258 g/mol. The summed E-state index contributed by atoms with van der Waals surface area (Å²) in [6.45, 7) is 7.40. The van der Waals surface area contributed by atoms with Crippen molar-refractivity contribution >= 4 is 17.5 Å². The van der Waals surface area contributed by atoms with Crippen LogP contribution in [0.3, 0.4) is 0 Å². The largest absolute Gasteiger partial charge is 0.350 e. The highest BCUT2D eigenvalue weighted by atomic mass is 35.5. The summed E-state index contributed by atoms with van der Waals surface area (Å²) in [5.41, 5.74) is 0.953. The lowest BCUT2D eigenvalue weighted by molar-refractivity contribution is -0.122. The van der Waals surface area contributed by atoms with Crippen LogP contribution in [0.1, 0.15) is 37.3 Å². The van der Waals surface area contributed by atoms with Gasteiger partial charge in [0.15, 0.2) is 0 Å². The molecule has 0 fully saturated rings. The summed E-state index contributed by atoms with van der Waals surface area (Å²) in [6, 6.07) is 4.27. The van der Waals surface area contributed by atoms with Crippen LogP contribution in [0, 0.1) is 12.7 Å². The molecule has 0 spiro atoms. The van der Waals surface area contributed by atoms with E-state index >= 15 is 0 Å². The van der Waals surface area contributed by atoms with Gasteiger partial charge in [-0.25, -0.2) is 4.39 Å². The first-order chi connectivity index (χ1) is 7.70. The zero-order chi connectivity index (χ0) is 13.2. The number of hydrogen-bond acceptors (Lipinski definition) is 1. The number of halogens is 2. The molecule has 1 aromatic rings. The Labute approximate surface area is 106 Å². The molecule has 0 saturated heterocycles. The second kappa shape index (κ2) is 5.05. The number of nitrogens with one attached hydrogen (secondary N) is 1. The Morgan fingerprint density at radius 2 is 2.00 bits per heavy atom. The molecule has 94 valence electrons. The van der Waals surface area contributed by atoms with Gasteiger partial charge >= 0.3 is 0 Å². The number of carbonyl (C=O) groups excluding carboxylic acids is 1. The number of hydrogen-bond donors (Lipinski definition) is 1. The minimum atomic E-state index is -0.870. The van der Waals surface area contributed by atoms with Crippen LogP contribution >= 0.6 is 11.6 Å². The summed E-state index contributed by atoms with van der Waals surface area (Å²) < 4.78 is 13.1. The van der Waals surface area contributed by atoms with Gasteiger partial charge in [0, 0.05) is 5.54 Å². The lowest BCUT2D eigenvalue weighted by Crippen LogP contribution is -2.42. The number of alkyl halides is 1. The fraction of sp³-hybridized carbons (Fsp3) is 0.462. The van der Waals surface area contributed by atoms with Gasteiger partial charge in [-0.1, -0.05) is 6.07 Å². The van der Waals surface area contributed by atoms with Gasteiger partial charge in [-0.3, -0.25) is 4.79 Å². The van der Waals surface area contributed by atoms with E-state index in [-0.39, 0.29) is 17.3 Å². The molecule has 0 aliphatic carbocycles. The first-order valence-corrected chi connectivity index (χ1v) is 5.86. The molecule has 0 aliphatic heterocycles. The van der Waals surface area contributed by atoms with Crippen LogP contribution in [-0.2, 0) is 4.79 Å². The van der Waals surface area contributed by atoms with Crippen LogP contribution in [0.2, 0.25) is 0 Å². The van der Waals surface area contributed by atoms with Crippen LogP contribution in [0.5, 0.6) is 0 Å². The van der Waals surface area contributed by atoms with E-state index in [4.69, 9.17) is 11.6 Å². The van der Waals surface area contributed by atoms with Crippen molar-refractivity contribution in [1.29, 1.82) is 0 Å². The Morgan fingerprint density at radius 3 is 2.53 bits per heavy atom. The highest BCUT2D eigenvalue weighted by molar-refractivity contribution is 6.30. The molecule has 4 heteroatoms. The summed E-state index contributed by atoms with van der Waals surface area (Å²) in [4.78, 5) is 11.9. The van der Waals surface area contributed by atoms with Crippen LogP contribution in [0.15, 0.2) is 18.2 Å². The fourth-order valence-electron chi connectivity index (χ4n) is 1.46. The first-order valence-electron chi connectivity index (χ1n) is 5.43. The predicted octanol–water partition coefficient (Wildman–Crippen LogP) is 3.33. The topological polar surface area (TPSA) is 29.1 Å². The van der Waals surface area contributed by atoms with Crippen molar-refractivity contribution in [2.24, 2.45) is 0 Å². The van der Waals surface area contributed by atoms with Gasteiger partial charge in [-0.05, 0) is 51.0 Å². The summed E-state index contributed by atoms with van der Waals surface area (Å²) in [5, 5.41) is 1.90. The molecule has 1 unspecified atom stereocenters. The molecule has 0 radical (unpaired) electrons. The van der Waals surface area contributed by atoms with Gasteiger partial charge in [0.25, 0.3) is 0 Å². The molecule has 1 aromatic carbocycles. The molecule has 17 heavy (non-hydrogen) atoms. The van der Waals surface area contributed by atoms with Crippen molar-refractivity contribution in [1.82, 2.24) is 5.32 Å². The monoisotopic (exact) mass is 257 g/mol. The quantitative estimate of drug-likeness (QED) is 0.809. The average Bonchev–Trinajstić information content (AvgIpc) is 2.18. The third-order valence-electron chi connectivity index (χ3n) is 2.24. The SMILES string of the molecule is Cc1ccc(F)cc1C(Cl)C(=O)NC(C)(C)C. The highest BCUT2D eigenvalue weighted by Gasteiger charge is 2.23. The number of aryl methyl sites for hydroxylation is 1.